The molecule has 0 aliphatic carbocycles. The second-order valence-electron chi connectivity index (χ2n) is 6.86. The van der Waals surface area contributed by atoms with Crippen molar-refractivity contribution in [1.82, 2.24) is 20.1 Å². The summed E-state index contributed by atoms with van der Waals surface area (Å²) in [5.74, 6) is 1.48. The van der Waals surface area contributed by atoms with Crippen molar-refractivity contribution in [3.8, 4) is 11.6 Å². The van der Waals surface area contributed by atoms with Gasteiger partial charge >= 0.3 is 0 Å². The first-order valence-corrected chi connectivity index (χ1v) is 11.6. The third-order valence-corrected chi connectivity index (χ3v) is 6.00. The number of benzene rings is 2. The molecule has 2 aromatic carbocycles. The van der Waals surface area contributed by atoms with Crippen LogP contribution in [0.3, 0.4) is 0 Å². The van der Waals surface area contributed by atoms with Gasteiger partial charge in [-0.15, -0.1) is 10.2 Å². The summed E-state index contributed by atoms with van der Waals surface area (Å²) in [6.45, 7) is 1.19. The Morgan fingerprint density at radius 1 is 0.968 bits per heavy atom. The Hall–Kier alpha value is -2.84. The van der Waals surface area contributed by atoms with Crippen molar-refractivity contribution in [3.05, 3.63) is 88.6 Å². The first-order chi connectivity index (χ1) is 15.2. The Labute approximate surface area is 193 Å². The Bertz CT molecular complexity index is 1130. The van der Waals surface area contributed by atoms with Gasteiger partial charge in [-0.2, -0.15) is 0 Å². The fraction of sp³-hybridized carbons (Fsp3) is 0.174. The maximum Gasteiger partial charge on any atom is 0.230 e. The van der Waals surface area contributed by atoms with Gasteiger partial charge < -0.3 is 9.73 Å². The normalized spacial score (nSPS) is 10.9. The highest BCUT2D eigenvalue weighted by molar-refractivity contribution is 9.10. The summed E-state index contributed by atoms with van der Waals surface area (Å²) in [7, 11) is 0. The molecule has 0 fully saturated rings. The second kappa shape index (κ2) is 10.5. The first kappa shape index (κ1) is 21.4. The molecule has 0 aliphatic heterocycles. The molecule has 2 heterocycles. The summed E-state index contributed by atoms with van der Waals surface area (Å²) in [4.78, 5) is 12.3. The molecule has 31 heavy (non-hydrogen) atoms. The van der Waals surface area contributed by atoms with E-state index in [1.807, 2.05) is 65.2 Å². The van der Waals surface area contributed by atoms with Gasteiger partial charge in [0.1, 0.15) is 0 Å². The molecule has 2 aromatic heterocycles. The SMILES string of the molecule is O=C(CSc1nnc(-c2ccc(Br)o2)n1Cc1ccccc1)NCCc1ccccc1. The van der Waals surface area contributed by atoms with Crippen molar-refractivity contribution in [1.29, 1.82) is 0 Å². The number of amides is 1. The molecule has 0 saturated carbocycles. The number of nitrogens with one attached hydrogen (secondary N) is 1. The monoisotopic (exact) mass is 496 g/mol. The Balaban J connectivity index is 1.42. The van der Waals surface area contributed by atoms with Crippen LogP contribution in [0.25, 0.3) is 11.6 Å². The van der Waals surface area contributed by atoms with E-state index in [1.54, 1.807) is 0 Å². The molecule has 6 nitrogen and oxygen atoms in total. The van der Waals surface area contributed by atoms with Gasteiger partial charge in [0.15, 0.2) is 15.6 Å². The Morgan fingerprint density at radius 3 is 2.35 bits per heavy atom. The van der Waals surface area contributed by atoms with E-state index in [9.17, 15) is 4.79 Å². The van der Waals surface area contributed by atoms with E-state index in [2.05, 4.69) is 43.6 Å². The van der Waals surface area contributed by atoms with Gasteiger partial charge in [0.05, 0.1) is 12.3 Å². The average molecular weight is 497 g/mol. The lowest BCUT2D eigenvalue weighted by Crippen LogP contribution is -2.27. The summed E-state index contributed by atoms with van der Waals surface area (Å²) in [6, 6.07) is 23.8. The fourth-order valence-electron chi connectivity index (χ4n) is 3.09. The molecular weight excluding hydrogens is 476 g/mol. The molecule has 158 valence electrons. The molecule has 0 bridgehead atoms. The first-order valence-electron chi connectivity index (χ1n) is 9.85. The van der Waals surface area contributed by atoms with E-state index < -0.39 is 0 Å². The van der Waals surface area contributed by atoms with Crippen LogP contribution in [0.4, 0.5) is 0 Å². The number of carbonyl (C=O) groups is 1. The lowest BCUT2D eigenvalue weighted by Gasteiger charge is -2.09. The van der Waals surface area contributed by atoms with Gasteiger partial charge in [-0.05, 0) is 45.6 Å². The second-order valence-corrected chi connectivity index (χ2v) is 8.58. The highest BCUT2D eigenvalue weighted by atomic mass is 79.9. The van der Waals surface area contributed by atoms with E-state index in [1.165, 1.54) is 17.3 Å². The van der Waals surface area contributed by atoms with Crippen LogP contribution in [0.1, 0.15) is 11.1 Å². The zero-order valence-electron chi connectivity index (χ0n) is 16.7. The van der Waals surface area contributed by atoms with Gasteiger partial charge in [0.2, 0.25) is 11.7 Å². The van der Waals surface area contributed by atoms with Gasteiger partial charge in [0, 0.05) is 6.54 Å². The standard InChI is InChI=1S/C23H21BrN4O2S/c24-20-12-11-19(30-20)22-26-27-23(28(22)15-18-9-5-2-6-10-18)31-16-21(29)25-14-13-17-7-3-1-4-8-17/h1-12H,13-16H2,(H,25,29). The zero-order valence-corrected chi connectivity index (χ0v) is 19.1. The quantitative estimate of drug-likeness (QED) is 0.337. The smallest absolute Gasteiger partial charge is 0.230 e. The third kappa shape index (κ3) is 5.86. The number of furan rings is 1. The molecular formula is C23H21BrN4O2S. The molecule has 0 atom stereocenters. The summed E-state index contributed by atoms with van der Waals surface area (Å²) >= 11 is 4.70. The van der Waals surface area contributed by atoms with Crippen molar-refractivity contribution < 1.29 is 9.21 Å². The van der Waals surface area contributed by atoms with Gasteiger partial charge in [-0.25, -0.2) is 0 Å². The van der Waals surface area contributed by atoms with E-state index >= 15 is 0 Å². The maximum absolute atomic E-state index is 12.3. The number of nitrogens with zero attached hydrogens (tertiary/aromatic N) is 3. The van der Waals surface area contributed by atoms with Gasteiger partial charge in [0.25, 0.3) is 0 Å². The molecule has 0 spiro atoms. The average Bonchev–Trinajstić information content (AvgIpc) is 3.39. The topological polar surface area (TPSA) is 73.0 Å². The predicted molar refractivity (Wildman–Crippen MR) is 125 cm³/mol. The molecule has 1 N–H and O–H groups in total. The highest BCUT2D eigenvalue weighted by Gasteiger charge is 2.18. The van der Waals surface area contributed by atoms with Crippen LogP contribution in [0.15, 0.2) is 87.0 Å². The van der Waals surface area contributed by atoms with Crippen LogP contribution >= 0.6 is 27.7 Å². The fourth-order valence-corrected chi connectivity index (χ4v) is 4.17. The van der Waals surface area contributed by atoms with E-state index in [4.69, 9.17) is 4.42 Å². The van der Waals surface area contributed by atoms with E-state index in [0.717, 1.165) is 12.0 Å². The number of carbonyl (C=O) groups excluding carboxylic acids is 1. The van der Waals surface area contributed by atoms with E-state index in [0.29, 0.717) is 34.5 Å². The maximum atomic E-state index is 12.3. The lowest BCUT2D eigenvalue weighted by atomic mass is 10.1. The summed E-state index contributed by atoms with van der Waals surface area (Å²) < 4.78 is 8.29. The molecule has 1 amide bonds. The number of aromatic nitrogens is 3. The molecule has 0 unspecified atom stereocenters. The molecule has 4 aromatic rings. The predicted octanol–water partition coefficient (Wildman–Crippen LogP) is 4.80. The third-order valence-electron chi connectivity index (χ3n) is 4.60. The molecule has 0 aliphatic rings. The van der Waals surface area contributed by atoms with E-state index in [-0.39, 0.29) is 11.7 Å². The minimum Gasteiger partial charge on any atom is -0.446 e. The minimum atomic E-state index is -0.0301. The number of rotatable bonds is 9. The van der Waals surface area contributed by atoms with Crippen LogP contribution in [0, 0.1) is 0 Å². The van der Waals surface area contributed by atoms with Crippen molar-refractivity contribution in [2.75, 3.05) is 12.3 Å². The van der Waals surface area contributed by atoms with Crippen molar-refractivity contribution >= 4 is 33.6 Å². The summed E-state index contributed by atoms with van der Waals surface area (Å²) in [6.07, 6.45) is 0.805. The number of thioether (sulfide) groups is 1. The van der Waals surface area contributed by atoms with Crippen LogP contribution in [0.2, 0.25) is 0 Å². The molecule has 4 rings (SSSR count). The Kier molecular flexibility index (Phi) is 7.22. The molecule has 8 heteroatoms. The van der Waals surface area contributed by atoms with Crippen LogP contribution < -0.4 is 5.32 Å². The highest BCUT2D eigenvalue weighted by Crippen LogP contribution is 2.28. The van der Waals surface area contributed by atoms with Crippen molar-refractivity contribution in [3.63, 3.8) is 0 Å². The van der Waals surface area contributed by atoms with Crippen LogP contribution in [0.5, 0.6) is 0 Å². The Morgan fingerprint density at radius 2 is 1.68 bits per heavy atom. The number of hydrogen-bond acceptors (Lipinski definition) is 5. The van der Waals surface area contributed by atoms with Crippen molar-refractivity contribution in [2.45, 2.75) is 18.1 Å². The minimum absolute atomic E-state index is 0.0301. The van der Waals surface area contributed by atoms with Crippen LogP contribution in [-0.2, 0) is 17.8 Å². The zero-order chi connectivity index (χ0) is 21.5. The number of halogens is 1. The van der Waals surface area contributed by atoms with Gasteiger partial charge in [-0.1, -0.05) is 72.4 Å². The summed E-state index contributed by atoms with van der Waals surface area (Å²) in [5.41, 5.74) is 2.32. The summed E-state index contributed by atoms with van der Waals surface area (Å²) in [5, 5.41) is 12.3. The molecule has 0 saturated heterocycles. The van der Waals surface area contributed by atoms with Crippen LogP contribution in [-0.4, -0.2) is 33.0 Å². The molecule has 0 radical (unpaired) electrons. The largest absolute Gasteiger partial charge is 0.446 e. The lowest BCUT2D eigenvalue weighted by molar-refractivity contribution is -0.118. The number of hydrogen-bond donors (Lipinski definition) is 1. The van der Waals surface area contributed by atoms with Crippen molar-refractivity contribution in [2.24, 2.45) is 0 Å². The van der Waals surface area contributed by atoms with Gasteiger partial charge in [-0.3, -0.25) is 9.36 Å².